The molecule has 0 rings (SSSR count). The Balaban J connectivity index is -0.00000000750. The zero-order valence-electron chi connectivity index (χ0n) is 4.21. The summed E-state index contributed by atoms with van der Waals surface area (Å²) in [6.45, 7) is 0. The summed E-state index contributed by atoms with van der Waals surface area (Å²) in [7, 11) is 0. The molecule has 40 valence electrons. The van der Waals surface area contributed by atoms with Gasteiger partial charge in [-0.25, -0.2) is 4.79 Å². The molecule has 0 saturated carbocycles. The van der Waals surface area contributed by atoms with Crippen LogP contribution in [0.1, 0.15) is 1.43 Å². The minimum atomic E-state index is -1.83. The van der Waals surface area contributed by atoms with Gasteiger partial charge in [0, 0.05) is 0 Å². The van der Waals surface area contributed by atoms with Crippen LogP contribution in [-0.2, 0) is 0 Å². The Morgan fingerprint density at radius 3 is 1.43 bits per heavy atom. The molecule has 0 aromatic heterocycles. The predicted molar refractivity (Wildman–Crippen MR) is 29.0 cm³/mol. The van der Waals surface area contributed by atoms with Crippen LogP contribution in [0.3, 0.4) is 0 Å². The first-order valence-electron chi connectivity index (χ1n) is 0.651. The molecule has 0 aliphatic carbocycles. The molecule has 0 unspecified atom stereocenters. The van der Waals surface area contributed by atoms with Crippen LogP contribution in [0.25, 0.3) is 0 Å². The van der Waals surface area contributed by atoms with Gasteiger partial charge in [0.1, 0.15) is 0 Å². The van der Waals surface area contributed by atoms with Gasteiger partial charge < -0.3 is 11.6 Å². The van der Waals surface area contributed by atoms with E-state index in [1.165, 1.54) is 0 Å². The number of hydrogen-bond acceptors (Lipinski definition) is 1. The maximum Gasteiger partial charge on any atom is 1.00 e. The third kappa shape index (κ3) is 84.9. The third-order valence-corrected chi connectivity index (χ3v) is 0. The van der Waals surface area contributed by atoms with Crippen molar-refractivity contribution in [1.82, 2.24) is 0 Å². The number of halogens is 1. The Bertz CT molecular complexity index is 42.3. The van der Waals surface area contributed by atoms with Crippen LogP contribution >= 0.6 is 12.4 Å². The maximum atomic E-state index is 8.56. The number of rotatable bonds is 0. The minimum Gasteiger partial charge on any atom is -1.00 e. The summed E-state index contributed by atoms with van der Waals surface area (Å²) in [5.74, 6) is 0. The van der Waals surface area contributed by atoms with Gasteiger partial charge in [0.25, 0.3) is 0 Å². The van der Waals surface area contributed by atoms with E-state index in [1.54, 1.807) is 0 Å². The van der Waals surface area contributed by atoms with Crippen LogP contribution in [0.15, 0.2) is 0 Å². The number of carbonyl (C=O) groups is 1. The van der Waals surface area contributed by atoms with Crippen molar-refractivity contribution in [1.29, 1.82) is 0 Å². The van der Waals surface area contributed by atoms with Gasteiger partial charge in [-0.3, -0.25) is 0 Å². The summed E-state index contributed by atoms with van der Waals surface area (Å²) in [5.41, 5.74) is 0. The van der Waals surface area contributed by atoms with E-state index in [-0.39, 0.29) is 82.6 Å². The van der Waals surface area contributed by atoms with E-state index in [0.29, 0.717) is 0 Å². The van der Waals surface area contributed by atoms with Gasteiger partial charge in [0.2, 0.25) is 0 Å². The molecule has 0 aliphatic heterocycles. The van der Waals surface area contributed by atoms with Crippen LogP contribution < -0.4 is 51.4 Å². The molecule has 0 spiro atoms. The molecular weight excluding hydrogens is 162 g/mol. The Hall–Kier alpha value is 1.73. The Labute approximate surface area is 102 Å². The van der Waals surface area contributed by atoms with Gasteiger partial charge in [0.15, 0.2) is 17.4 Å². The average molecular weight is 169 g/mol. The molecule has 2 N–H and O–H groups in total. The van der Waals surface area contributed by atoms with Crippen LogP contribution in [0.4, 0.5) is 4.79 Å². The molecular formula is CH7AlClKO3. The van der Waals surface area contributed by atoms with Gasteiger partial charge in [-0.05, 0) is 0 Å². The first-order chi connectivity index (χ1) is 1.73. The molecule has 6 heteroatoms. The van der Waals surface area contributed by atoms with Crippen molar-refractivity contribution in [2.45, 2.75) is 0 Å². The van der Waals surface area contributed by atoms with Crippen molar-refractivity contribution >= 4 is 35.9 Å². The second-order valence-electron chi connectivity index (χ2n) is 0.283. The molecule has 0 saturated heterocycles. The topological polar surface area (TPSA) is 57.5 Å². The predicted octanol–water partition coefficient (Wildman–Crippen LogP) is -3.42. The van der Waals surface area contributed by atoms with Gasteiger partial charge in [-0.15, -0.1) is 12.4 Å². The first kappa shape index (κ1) is 23.3. The van der Waals surface area contributed by atoms with E-state index in [2.05, 4.69) is 0 Å². The molecule has 0 amide bonds. The second kappa shape index (κ2) is 15.6. The van der Waals surface area contributed by atoms with E-state index in [1.807, 2.05) is 0 Å². The van der Waals surface area contributed by atoms with E-state index >= 15 is 0 Å². The Kier molecular flexibility index (Phi) is 52.1. The molecule has 3 nitrogen and oxygen atoms in total. The van der Waals surface area contributed by atoms with Gasteiger partial charge >= 0.3 is 57.5 Å². The van der Waals surface area contributed by atoms with Crippen molar-refractivity contribution < 1.29 is 67.8 Å². The number of carboxylic acid groups (broad SMARTS) is 2. The summed E-state index contributed by atoms with van der Waals surface area (Å²) in [6.07, 6.45) is -1.83. The van der Waals surface area contributed by atoms with E-state index in [4.69, 9.17) is 15.0 Å². The Morgan fingerprint density at radius 1 is 1.43 bits per heavy atom. The zero-order chi connectivity index (χ0) is 3.58. The number of hydrogen-bond donors (Lipinski definition) is 2. The third-order valence-electron chi connectivity index (χ3n) is 0. The van der Waals surface area contributed by atoms with Crippen LogP contribution in [0.2, 0.25) is 0 Å². The largest absolute Gasteiger partial charge is 1.00 e. The monoisotopic (exact) mass is 168 g/mol. The standard InChI is InChI=1S/CH2O3.Al.ClH.K.4H/c2-1(3)4;;;;;;;/h(H2,2,3,4);;1H;;;;;/q;;;+1;;;;-1. The van der Waals surface area contributed by atoms with E-state index in [0.717, 1.165) is 0 Å². The minimum absolute atomic E-state index is 0. The molecule has 0 aromatic rings. The fourth-order valence-corrected chi connectivity index (χ4v) is 0. The van der Waals surface area contributed by atoms with Crippen molar-refractivity contribution in [3.63, 3.8) is 0 Å². The molecule has 0 atom stereocenters. The van der Waals surface area contributed by atoms with Crippen molar-refractivity contribution in [3.8, 4) is 0 Å². The average Bonchev–Trinajstić information content (AvgIpc) is 0.811. The van der Waals surface area contributed by atoms with Gasteiger partial charge in [-0.1, -0.05) is 0 Å². The smallest absolute Gasteiger partial charge is 1.00 e. The van der Waals surface area contributed by atoms with Gasteiger partial charge in [0.05, 0.1) is 0 Å². The van der Waals surface area contributed by atoms with Crippen molar-refractivity contribution in [2.24, 2.45) is 0 Å². The molecule has 0 aromatic carbocycles. The molecule has 0 bridgehead atoms. The summed E-state index contributed by atoms with van der Waals surface area (Å²) >= 11 is 0. The summed E-state index contributed by atoms with van der Waals surface area (Å²) in [6, 6.07) is 0. The first-order valence-corrected chi connectivity index (χ1v) is 0.651. The summed E-state index contributed by atoms with van der Waals surface area (Å²) in [4.78, 5) is 8.56. The van der Waals surface area contributed by atoms with Gasteiger partial charge in [-0.2, -0.15) is 0 Å². The van der Waals surface area contributed by atoms with Crippen LogP contribution in [0.5, 0.6) is 0 Å². The fourth-order valence-electron chi connectivity index (χ4n) is 0. The van der Waals surface area contributed by atoms with Crippen LogP contribution in [0, 0.1) is 0 Å². The maximum absolute atomic E-state index is 8.56. The zero-order valence-corrected chi connectivity index (χ0v) is 7.15. The molecule has 0 fully saturated rings. The summed E-state index contributed by atoms with van der Waals surface area (Å²) in [5, 5.41) is 13.9. The molecule has 0 aliphatic rings. The van der Waals surface area contributed by atoms with E-state index < -0.39 is 6.16 Å². The van der Waals surface area contributed by atoms with Crippen molar-refractivity contribution in [3.05, 3.63) is 0 Å². The molecule has 7 heavy (non-hydrogen) atoms. The quantitative estimate of drug-likeness (QED) is 0.371. The SMILES string of the molecule is Cl.O=C(O)O.[AlH3].[H-].[K+]. The second-order valence-corrected chi connectivity index (χ2v) is 0.283. The molecule has 0 heterocycles. The molecule has 0 radical (unpaired) electrons. The summed E-state index contributed by atoms with van der Waals surface area (Å²) < 4.78 is 0. The Morgan fingerprint density at radius 2 is 1.43 bits per heavy atom. The van der Waals surface area contributed by atoms with E-state index in [9.17, 15) is 0 Å². The normalized spacial score (nSPS) is 3.43. The van der Waals surface area contributed by atoms with Crippen LogP contribution in [-0.4, -0.2) is 33.7 Å². The fraction of sp³-hybridized carbons (Fsp3) is 0. The van der Waals surface area contributed by atoms with Crippen molar-refractivity contribution in [2.75, 3.05) is 0 Å².